The van der Waals surface area contributed by atoms with Crippen LogP contribution in [-0.4, -0.2) is 22.4 Å². The van der Waals surface area contributed by atoms with Crippen LogP contribution in [-0.2, 0) is 4.79 Å². The molecular weight excluding hydrogens is 276 g/mol. The summed E-state index contributed by atoms with van der Waals surface area (Å²) < 4.78 is 0. The van der Waals surface area contributed by atoms with Gasteiger partial charge in [0.05, 0.1) is 22.8 Å². The Hall–Kier alpha value is -2.14. The summed E-state index contributed by atoms with van der Waals surface area (Å²) >= 11 is 6.20. The molecule has 1 amide bonds. The van der Waals surface area contributed by atoms with Gasteiger partial charge >= 0.3 is 0 Å². The lowest BCUT2D eigenvalue weighted by Gasteiger charge is -2.30. The third kappa shape index (κ3) is 2.10. The molecule has 0 atom stereocenters. The molecule has 2 heterocycles. The number of para-hydroxylation sites is 2. The Balaban J connectivity index is 2.15. The molecule has 0 saturated carbocycles. The fraction of sp³-hybridized carbons (Fsp3) is 0.214. The first kappa shape index (κ1) is 12.9. The van der Waals surface area contributed by atoms with Crippen molar-refractivity contribution in [2.24, 2.45) is 0 Å². The molecule has 0 unspecified atom stereocenters. The number of aromatic nitrogens is 2. The number of amides is 1. The maximum Gasteiger partial charge on any atom is 0.244 e. The predicted molar refractivity (Wildman–Crippen MR) is 78.6 cm³/mol. The number of nitrogens with one attached hydrogen (secondary N) is 1. The maximum absolute atomic E-state index is 11.8. The molecule has 5 nitrogen and oxygen atoms in total. The summed E-state index contributed by atoms with van der Waals surface area (Å²) in [5, 5.41) is 3.14. The summed E-state index contributed by atoms with van der Waals surface area (Å²) in [6, 6.07) is 7.55. The summed E-state index contributed by atoms with van der Waals surface area (Å²) in [4.78, 5) is 22.4. The second-order valence-electron chi connectivity index (χ2n) is 4.66. The average molecular weight is 289 g/mol. The normalized spacial score (nSPS) is 13.9. The zero-order valence-corrected chi connectivity index (χ0v) is 11.9. The van der Waals surface area contributed by atoms with E-state index in [9.17, 15) is 4.79 Å². The third-order valence-corrected chi connectivity index (χ3v) is 3.53. The molecule has 20 heavy (non-hydrogen) atoms. The van der Waals surface area contributed by atoms with Gasteiger partial charge in [0.2, 0.25) is 5.91 Å². The minimum atomic E-state index is -0.0974. The molecule has 1 aromatic carbocycles. The first-order chi connectivity index (χ1) is 9.56. The number of fused-ring (bicyclic) bond motifs is 1. The van der Waals surface area contributed by atoms with Crippen LogP contribution >= 0.6 is 11.6 Å². The zero-order valence-electron chi connectivity index (χ0n) is 11.1. The summed E-state index contributed by atoms with van der Waals surface area (Å²) in [6.45, 7) is 3.90. The van der Waals surface area contributed by atoms with E-state index in [1.807, 2.05) is 38.1 Å². The number of anilines is 3. The van der Waals surface area contributed by atoms with E-state index < -0.39 is 0 Å². The van der Waals surface area contributed by atoms with Crippen molar-refractivity contribution in [3.8, 4) is 0 Å². The molecule has 0 fully saturated rings. The quantitative estimate of drug-likeness (QED) is 0.876. The van der Waals surface area contributed by atoms with E-state index in [1.165, 1.54) is 0 Å². The fourth-order valence-corrected chi connectivity index (χ4v) is 2.43. The Morgan fingerprint density at radius 3 is 2.70 bits per heavy atom. The highest BCUT2D eigenvalue weighted by Gasteiger charge is 2.26. The molecule has 0 radical (unpaired) electrons. The van der Waals surface area contributed by atoms with E-state index in [1.54, 1.807) is 4.90 Å². The summed E-state index contributed by atoms with van der Waals surface area (Å²) in [6.07, 6.45) is 0. The van der Waals surface area contributed by atoms with Gasteiger partial charge in [0.15, 0.2) is 11.0 Å². The van der Waals surface area contributed by atoms with Gasteiger partial charge in [-0.3, -0.25) is 4.79 Å². The summed E-state index contributed by atoms with van der Waals surface area (Å²) in [5.74, 6) is 0.414. The third-order valence-electron chi connectivity index (χ3n) is 3.27. The first-order valence-corrected chi connectivity index (χ1v) is 6.61. The highest BCUT2D eigenvalue weighted by Crippen LogP contribution is 2.36. The number of hydrogen-bond donors (Lipinski definition) is 1. The van der Waals surface area contributed by atoms with Crippen molar-refractivity contribution < 1.29 is 4.79 Å². The number of carbonyl (C=O) groups excluding carboxylic acids is 1. The van der Waals surface area contributed by atoms with E-state index in [0.717, 1.165) is 22.8 Å². The summed E-state index contributed by atoms with van der Waals surface area (Å²) in [5.41, 5.74) is 3.20. The molecule has 2 aromatic rings. The Bertz CT molecular complexity index is 702. The van der Waals surface area contributed by atoms with Crippen LogP contribution in [0.2, 0.25) is 5.15 Å². The Kier molecular flexibility index (Phi) is 3.06. The number of aryl methyl sites for hydroxylation is 2. The smallest absolute Gasteiger partial charge is 0.244 e. The van der Waals surface area contributed by atoms with E-state index >= 15 is 0 Å². The van der Waals surface area contributed by atoms with E-state index in [-0.39, 0.29) is 12.5 Å². The van der Waals surface area contributed by atoms with Crippen LogP contribution in [0.3, 0.4) is 0 Å². The largest absolute Gasteiger partial charge is 0.323 e. The molecule has 6 heteroatoms. The van der Waals surface area contributed by atoms with Crippen LogP contribution in [0.5, 0.6) is 0 Å². The number of hydrogen-bond acceptors (Lipinski definition) is 4. The average Bonchev–Trinajstić information content (AvgIpc) is 2.42. The molecule has 1 N–H and O–H groups in total. The Labute approximate surface area is 121 Å². The minimum absolute atomic E-state index is 0.0974. The second-order valence-corrected chi connectivity index (χ2v) is 5.02. The van der Waals surface area contributed by atoms with Gasteiger partial charge < -0.3 is 10.2 Å². The second kappa shape index (κ2) is 4.76. The van der Waals surface area contributed by atoms with Crippen LogP contribution in [0.15, 0.2) is 24.3 Å². The number of benzene rings is 1. The Morgan fingerprint density at radius 1 is 1.20 bits per heavy atom. The molecule has 0 bridgehead atoms. The van der Waals surface area contributed by atoms with Crippen molar-refractivity contribution in [3.05, 3.63) is 40.8 Å². The summed E-state index contributed by atoms with van der Waals surface area (Å²) in [7, 11) is 0. The fourth-order valence-electron chi connectivity index (χ4n) is 2.16. The van der Waals surface area contributed by atoms with Crippen molar-refractivity contribution in [3.63, 3.8) is 0 Å². The lowest BCUT2D eigenvalue weighted by Crippen LogP contribution is -2.35. The minimum Gasteiger partial charge on any atom is -0.323 e. The lowest BCUT2D eigenvalue weighted by atomic mass is 10.2. The first-order valence-electron chi connectivity index (χ1n) is 6.23. The predicted octanol–water partition coefficient (Wildman–Crippen LogP) is 2.84. The lowest BCUT2D eigenvalue weighted by molar-refractivity contribution is -0.115. The van der Waals surface area contributed by atoms with E-state index in [2.05, 4.69) is 15.3 Å². The maximum atomic E-state index is 11.8. The monoisotopic (exact) mass is 288 g/mol. The van der Waals surface area contributed by atoms with Crippen LogP contribution in [0.4, 0.5) is 17.2 Å². The van der Waals surface area contributed by atoms with Crippen molar-refractivity contribution in [1.29, 1.82) is 0 Å². The van der Waals surface area contributed by atoms with Gasteiger partial charge in [-0.2, -0.15) is 0 Å². The van der Waals surface area contributed by atoms with Crippen LogP contribution in [0, 0.1) is 13.8 Å². The molecule has 3 rings (SSSR count). The van der Waals surface area contributed by atoms with Gasteiger partial charge in [0.1, 0.15) is 6.54 Å². The zero-order chi connectivity index (χ0) is 14.3. The molecule has 102 valence electrons. The van der Waals surface area contributed by atoms with Crippen molar-refractivity contribution in [2.75, 3.05) is 16.8 Å². The Morgan fingerprint density at radius 2 is 1.90 bits per heavy atom. The van der Waals surface area contributed by atoms with Gasteiger partial charge in [-0.25, -0.2) is 9.97 Å². The van der Waals surface area contributed by atoms with Crippen LogP contribution < -0.4 is 10.2 Å². The number of carbonyl (C=O) groups is 1. The molecule has 1 aliphatic heterocycles. The van der Waals surface area contributed by atoms with Crippen LogP contribution in [0.1, 0.15) is 11.4 Å². The van der Waals surface area contributed by atoms with Crippen LogP contribution in [0.25, 0.3) is 0 Å². The SMILES string of the molecule is Cc1nc(Cl)c(N2CC(=O)Nc3ccccc32)nc1C. The van der Waals surface area contributed by atoms with Gasteiger partial charge in [-0.05, 0) is 26.0 Å². The van der Waals surface area contributed by atoms with Crippen molar-refractivity contribution >= 4 is 34.7 Å². The van der Waals surface area contributed by atoms with Gasteiger partial charge in [-0.1, -0.05) is 23.7 Å². The molecule has 1 aliphatic rings. The molecule has 0 spiro atoms. The topological polar surface area (TPSA) is 58.1 Å². The van der Waals surface area contributed by atoms with Crippen molar-refractivity contribution in [1.82, 2.24) is 9.97 Å². The standard InChI is InChI=1S/C14H13ClN4O/c1-8-9(2)17-14(13(15)16-8)19-7-12(20)18-10-5-3-4-6-11(10)19/h3-6H,7H2,1-2H3,(H,18,20). The van der Waals surface area contributed by atoms with E-state index in [0.29, 0.717) is 11.0 Å². The number of rotatable bonds is 1. The number of halogens is 1. The molecule has 0 aliphatic carbocycles. The van der Waals surface area contributed by atoms with Gasteiger partial charge in [0.25, 0.3) is 0 Å². The highest BCUT2D eigenvalue weighted by molar-refractivity contribution is 6.32. The van der Waals surface area contributed by atoms with Crippen molar-refractivity contribution in [2.45, 2.75) is 13.8 Å². The molecule has 1 aromatic heterocycles. The highest BCUT2D eigenvalue weighted by atomic mass is 35.5. The van der Waals surface area contributed by atoms with Gasteiger partial charge in [-0.15, -0.1) is 0 Å². The molecule has 0 saturated heterocycles. The number of nitrogens with zero attached hydrogens (tertiary/aromatic N) is 3. The van der Waals surface area contributed by atoms with E-state index in [4.69, 9.17) is 11.6 Å². The molecular formula is C14H13ClN4O. The van der Waals surface area contributed by atoms with Gasteiger partial charge in [0, 0.05) is 0 Å².